The first-order chi connectivity index (χ1) is 21.9. The number of likely N-dealkylation sites (tertiary alicyclic amines) is 1. The van der Waals surface area contributed by atoms with E-state index < -0.39 is 0 Å². The predicted molar refractivity (Wildman–Crippen MR) is 165 cm³/mol. The summed E-state index contributed by atoms with van der Waals surface area (Å²) < 4.78 is 24.1. The highest BCUT2D eigenvalue weighted by atomic mass is 19.1. The third-order valence-corrected chi connectivity index (χ3v) is 8.18. The van der Waals surface area contributed by atoms with Gasteiger partial charge in [-0.3, -0.25) is 19.4 Å². The van der Waals surface area contributed by atoms with Gasteiger partial charge in [-0.2, -0.15) is 0 Å². The molecule has 10 heteroatoms. The van der Waals surface area contributed by atoms with E-state index in [4.69, 9.17) is 9.47 Å². The maximum absolute atomic E-state index is 13.2. The van der Waals surface area contributed by atoms with Crippen LogP contribution in [-0.2, 0) is 11.2 Å². The van der Waals surface area contributed by atoms with Crippen LogP contribution in [0.1, 0.15) is 49.6 Å². The second kappa shape index (κ2) is 13.8. The molecule has 0 radical (unpaired) electrons. The van der Waals surface area contributed by atoms with E-state index in [0.717, 1.165) is 18.8 Å². The zero-order valence-electron chi connectivity index (χ0n) is 24.7. The number of nitrogens with zero attached hydrogens (tertiary/aromatic N) is 4. The molecule has 6 rings (SSSR count). The molecular weight excluding hydrogens is 575 g/mol. The second-order valence-corrected chi connectivity index (χ2v) is 11.2. The molecule has 45 heavy (non-hydrogen) atoms. The van der Waals surface area contributed by atoms with Crippen LogP contribution in [0, 0.1) is 11.7 Å². The molecule has 2 aromatic heterocycles. The number of hydrogen-bond acceptors (Lipinski definition) is 8. The lowest BCUT2D eigenvalue weighted by molar-refractivity contribution is 0.0650. The average molecular weight is 609 g/mol. The molecule has 0 atom stereocenters. The van der Waals surface area contributed by atoms with Crippen LogP contribution >= 0.6 is 0 Å². The molecule has 2 fully saturated rings. The largest absolute Gasteiger partial charge is 0.439 e. The summed E-state index contributed by atoms with van der Waals surface area (Å²) in [5.41, 5.74) is 3.13. The number of carbonyl (C=O) groups is 3. The quantitative estimate of drug-likeness (QED) is 0.233. The van der Waals surface area contributed by atoms with E-state index in [1.165, 1.54) is 30.5 Å². The standard InChI is InChI=1S/C35H33FN4O5/c36-28-5-9-30(10-6-28)45-33-12-1-24(22-38-33)21-32(41)31-11-4-27(23-37-31)35(43)40-15-13-26(14-16-40)34(42)25-2-7-29(8-3-25)39-17-19-44-20-18-39/h1-12,22-23,26H,13-21H2. The number of morpholine rings is 1. The molecule has 2 aliphatic heterocycles. The number of piperidine rings is 1. The first kappa shape index (κ1) is 30.1. The van der Waals surface area contributed by atoms with Gasteiger partial charge in [0.25, 0.3) is 5.91 Å². The Hall–Kier alpha value is -4.96. The molecule has 4 heterocycles. The number of ether oxygens (including phenoxy) is 2. The lowest BCUT2D eigenvalue weighted by atomic mass is 9.88. The Morgan fingerprint density at radius 3 is 2.16 bits per heavy atom. The minimum atomic E-state index is -0.356. The average Bonchev–Trinajstić information content (AvgIpc) is 3.10. The van der Waals surface area contributed by atoms with Crippen molar-refractivity contribution in [2.75, 3.05) is 44.3 Å². The monoisotopic (exact) mass is 608 g/mol. The molecule has 0 spiro atoms. The van der Waals surface area contributed by atoms with Gasteiger partial charge < -0.3 is 19.3 Å². The van der Waals surface area contributed by atoms with E-state index in [1.807, 2.05) is 24.3 Å². The Morgan fingerprint density at radius 2 is 1.51 bits per heavy atom. The lowest BCUT2D eigenvalue weighted by Crippen LogP contribution is -2.40. The van der Waals surface area contributed by atoms with Gasteiger partial charge in [0.05, 0.1) is 18.8 Å². The van der Waals surface area contributed by atoms with Crippen LogP contribution in [0.5, 0.6) is 11.6 Å². The number of hydrogen-bond donors (Lipinski definition) is 0. The number of aromatic nitrogens is 2. The molecule has 0 saturated carbocycles. The van der Waals surface area contributed by atoms with Gasteiger partial charge in [-0.15, -0.1) is 0 Å². The van der Waals surface area contributed by atoms with Crippen molar-refractivity contribution in [3.05, 3.63) is 113 Å². The van der Waals surface area contributed by atoms with Crippen molar-refractivity contribution in [3.63, 3.8) is 0 Å². The van der Waals surface area contributed by atoms with E-state index in [9.17, 15) is 18.8 Å². The van der Waals surface area contributed by atoms with E-state index in [-0.39, 0.29) is 41.3 Å². The minimum Gasteiger partial charge on any atom is -0.439 e. The van der Waals surface area contributed by atoms with Crippen molar-refractivity contribution in [1.82, 2.24) is 14.9 Å². The van der Waals surface area contributed by atoms with Gasteiger partial charge in [0.2, 0.25) is 5.88 Å². The summed E-state index contributed by atoms with van der Waals surface area (Å²) >= 11 is 0. The molecule has 0 N–H and O–H groups in total. The van der Waals surface area contributed by atoms with Crippen molar-refractivity contribution in [3.8, 4) is 11.6 Å². The second-order valence-electron chi connectivity index (χ2n) is 11.2. The zero-order valence-corrected chi connectivity index (χ0v) is 24.7. The van der Waals surface area contributed by atoms with E-state index in [0.29, 0.717) is 67.5 Å². The third-order valence-electron chi connectivity index (χ3n) is 8.18. The molecule has 0 aliphatic carbocycles. The summed E-state index contributed by atoms with van der Waals surface area (Å²) in [5.74, 6) is 0.0410. The highest BCUT2D eigenvalue weighted by Gasteiger charge is 2.29. The molecule has 4 aromatic rings. The van der Waals surface area contributed by atoms with Gasteiger partial charge >= 0.3 is 0 Å². The van der Waals surface area contributed by atoms with Crippen LogP contribution in [0.2, 0.25) is 0 Å². The topological polar surface area (TPSA) is 102 Å². The summed E-state index contributed by atoms with van der Waals surface area (Å²) in [5, 5.41) is 0. The number of benzene rings is 2. The highest BCUT2D eigenvalue weighted by Crippen LogP contribution is 2.25. The smallest absolute Gasteiger partial charge is 0.255 e. The fraction of sp³-hybridized carbons (Fsp3) is 0.286. The summed E-state index contributed by atoms with van der Waals surface area (Å²) in [7, 11) is 0. The number of ketones is 2. The molecule has 1 amide bonds. The molecule has 0 bridgehead atoms. The number of rotatable bonds is 9. The number of halogens is 1. The molecule has 0 unspecified atom stereocenters. The van der Waals surface area contributed by atoms with E-state index in [1.54, 1.807) is 35.4 Å². The maximum atomic E-state index is 13.2. The van der Waals surface area contributed by atoms with Gasteiger partial charge in [-0.05, 0) is 79.1 Å². The third kappa shape index (κ3) is 7.41. The zero-order chi connectivity index (χ0) is 31.2. The first-order valence-electron chi connectivity index (χ1n) is 15.1. The minimum absolute atomic E-state index is 0.0849. The SMILES string of the molecule is O=C(Cc1ccc(Oc2ccc(F)cc2)nc1)c1ccc(C(=O)N2CCC(C(=O)c3ccc(N4CCOCC4)cc3)CC2)cn1. The highest BCUT2D eigenvalue weighted by molar-refractivity contribution is 5.99. The molecule has 230 valence electrons. The van der Waals surface area contributed by atoms with Crippen LogP contribution < -0.4 is 9.64 Å². The van der Waals surface area contributed by atoms with E-state index in [2.05, 4.69) is 14.9 Å². The molecule has 2 aromatic carbocycles. The van der Waals surface area contributed by atoms with Gasteiger partial charge in [-0.1, -0.05) is 6.07 Å². The molecule has 2 saturated heterocycles. The van der Waals surface area contributed by atoms with E-state index >= 15 is 0 Å². The van der Waals surface area contributed by atoms with Gasteiger partial charge in [0.15, 0.2) is 11.6 Å². The fourth-order valence-corrected chi connectivity index (χ4v) is 5.58. The first-order valence-corrected chi connectivity index (χ1v) is 15.1. The number of pyridine rings is 2. The van der Waals surface area contributed by atoms with Crippen LogP contribution in [0.25, 0.3) is 0 Å². The maximum Gasteiger partial charge on any atom is 0.255 e. The van der Waals surface area contributed by atoms with Crippen LogP contribution in [0.3, 0.4) is 0 Å². The molecular formula is C35H33FN4O5. The van der Waals surface area contributed by atoms with Gasteiger partial charge in [0.1, 0.15) is 17.3 Å². The predicted octanol–water partition coefficient (Wildman–Crippen LogP) is 5.41. The van der Waals surface area contributed by atoms with Crippen molar-refractivity contribution in [2.45, 2.75) is 19.3 Å². The molecule has 9 nitrogen and oxygen atoms in total. The summed E-state index contributed by atoms with van der Waals surface area (Å²) in [4.78, 5) is 51.6. The van der Waals surface area contributed by atoms with Gasteiger partial charge in [0, 0.05) is 68.2 Å². The number of Topliss-reactive ketones (excluding diaryl/α,β-unsaturated/α-hetero) is 2. The Labute approximate surface area is 260 Å². The molecule has 2 aliphatic rings. The number of carbonyl (C=O) groups excluding carboxylic acids is 3. The number of anilines is 1. The van der Waals surface area contributed by atoms with Crippen molar-refractivity contribution < 1.29 is 28.2 Å². The van der Waals surface area contributed by atoms with Gasteiger partial charge in [-0.25, -0.2) is 9.37 Å². The summed E-state index contributed by atoms with van der Waals surface area (Å²) in [6.45, 7) is 4.08. The Bertz CT molecular complexity index is 1630. The summed E-state index contributed by atoms with van der Waals surface area (Å²) in [6, 6.07) is 20.0. The Kier molecular flexibility index (Phi) is 9.21. The van der Waals surface area contributed by atoms with Crippen molar-refractivity contribution >= 4 is 23.2 Å². The fourth-order valence-electron chi connectivity index (χ4n) is 5.58. The lowest BCUT2D eigenvalue weighted by Gasteiger charge is -2.31. The Balaban J connectivity index is 0.980. The van der Waals surface area contributed by atoms with Crippen molar-refractivity contribution in [1.29, 1.82) is 0 Å². The van der Waals surface area contributed by atoms with Crippen LogP contribution in [0.4, 0.5) is 10.1 Å². The Morgan fingerprint density at radius 1 is 0.800 bits per heavy atom. The summed E-state index contributed by atoms with van der Waals surface area (Å²) in [6.07, 6.45) is 4.26. The number of amides is 1. The van der Waals surface area contributed by atoms with Crippen molar-refractivity contribution in [2.24, 2.45) is 5.92 Å². The van der Waals surface area contributed by atoms with Crippen LogP contribution in [-0.4, -0.2) is 71.7 Å². The normalized spacial score (nSPS) is 15.5. The van der Waals surface area contributed by atoms with Crippen LogP contribution in [0.15, 0.2) is 85.2 Å².